The maximum atomic E-state index is 11.7. The van der Waals surface area contributed by atoms with E-state index < -0.39 is 17.9 Å². The van der Waals surface area contributed by atoms with Crippen molar-refractivity contribution in [3.8, 4) is 0 Å². The van der Waals surface area contributed by atoms with Crippen molar-refractivity contribution in [2.45, 2.75) is 25.8 Å². The van der Waals surface area contributed by atoms with Crippen LogP contribution in [0.25, 0.3) is 0 Å². The van der Waals surface area contributed by atoms with Crippen molar-refractivity contribution >= 4 is 29.3 Å². The number of thioether (sulfide) groups is 1. The molecule has 0 heterocycles. The van der Waals surface area contributed by atoms with E-state index in [0.29, 0.717) is 12.1 Å². The van der Waals surface area contributed by atoms with Gasteiger partial charge in [-0.1, -0.05) is 19.1 Å². The Labute approximate surface area is 129 Å². The lowest BCUT2D eigenvalue weighted by atomic mass is 10.1. The van der Waals surface area contributed by atoms with Crippen LogP contribution in [-0.4, -0.2) is 41.6 Å². The Bertz CT molecular complexity index is 458. The van der Waals surface area contributed by atoms with Crippen LogP contribution in [0.15, 0.2) is 24.3 Å². The van der Waals surface area contributed by atoms with E-state index in [4.69, 9.17) is 5.11 Å². The Morgan fingerprint density at radius 1 is 1.24 bits per heavy atom. The van der Waals surface area contributed by atoms with Crippen LogP contribution in [0.4, 0.5) is 5.69 Å². The number of carbonyl (C=O) groups is 2. The first-order chi connectivity index (χ1) is 10.1. The average molecular weight is 310 g/mol. The summed E-state index contributed by atoms with van der Waals surface area (Å²) in [6.45, 7) is 1.64. The van der Waals surface area contributed by atoms with Crippen LogP contribution in [0.2, 0.25) is 0 Å². The van der Waals surface area contributed by atoms with Gasteiger partial charge in [-0.15, -0.1) is 0 Å². The smallest absolute Gasteiger partial charge is 0.313 e. The van der Waals surface area contributed by atoms with Gasteiger partial charge in [0.1, 0.15) is 0 Å². The van der Waals surface area contributed by atoms with Gasteiger partial charge in [-0.25, -0.2) is 0 Å². The normalized spacial score (nSPS) is 11.8. The van der Waals surface area contributed by atoms with E-state index in [2.05, 4.69) is 16.9 Å². The van der Waals surface area contributed by atoms with Crippen LogP contribution in [0, 0.1) is 0 Å². The quantitative estimate of drug-likeness (QED) is 0.666. The van der Waals surface area contributed by atoms with Crippen molar-refractivity contribution in [2.75, 3.05) is 23.9 Å². The molecule has 1 aromatic rings. The number of amides is 2. The predicted molar refractivity (Wildman–Crippen MR) is 86.5 cm³/mol. The zero-order chi connectivity index (χ0) is 15.7. The van der Waals surface area contributed by atoms with E-state index in [9.17, 15) is 9.59 Å². The van der Waals surface area contributed by atoms with E-state index >= 15 is 0 Å². The number of rotatable bonds is 7. The number of nitrogens with one attached hydrogen (secondary N) is 2. The average Bonchev–Trinajstić information content (AvgIpc) is 2.51. The van der Waals surface area contributed by atoms with E-state index in [-0.39, 0.29) is 6.61 Å². The number of hydrogen-bond acceptors (Lipinski definition) is 4. The number of aliphatic hydroxyl groups is 1. The zero-order valence-corrected chi connectivity index (χ0v) is 13.2. The third-order valence-electron chi connectivity index (χ3n) is 3.06. The molecule has 1 rings (SSSR count). The Morgan fingerprint density at radius 2 is 1.90 bits per heavy atom. The summed E-state index contributed by atoms with van der Waals surface area (Å²) in [5.41, 5.74) is 1.78. The molecular weight excluding hydrogens is 288 g/mol. The van der Waals surface area contributed by atoms with E-state index in [0.717, 1.165) is 12.2 Å². The molecule has 21 heavy (non-hydrogen) atoms. The summed E-state index contributed by atoms with van der Waals surface area (Å²) in [7, 11) is 0. The van der Waals surface area contributed by atoms with E-state index in [1.807, 2.05) is 19.1 Å². The molecule has 0 aromatic heterocycles. The van der Waals surface area contributed by atoms with Crippen LogP contribution in [0.3, 0.4) is 0 Å². The van der Waals surface area contributed by atoms with Gasteiger partial charge < -0.3 is 15.7 Å². The standard InChI is InChI=1S/C15H22N2O3S/c1-3-12(10-18)16-14(19)15(20)17-13-6-4-11(5-7-13)8-9-21-2/h4-7,12,18H,3,8-10H2,1-2H3,(H,16,19)(H,17,20). The van der Waals surface area contributed by atoms with Crippen molar-refractivity contribution in [1.29, 1.82) is 0 Å². The van der Waals surface area contributed by atoms with Gasteiger partial charge in [0.05, 0.1) is 12.6 Å². The number of aryl methyl sites for hydroxylation is 1. The first-order valence-corrected chi connectivity index (χ1v) is 8.30. The molecule has 1 unspecified atom stereocenters. The van der Waals surface area contributed by atoms with Crippen LogP contribution < -0.4 is 10.6 Å². The van der Waals surface area contributed by atoms with Gasteiger partial charge in [-0.2, -0.15) is 11.8 Å². The second kappa shape index (κ2) is 9.41. The minimum Gasteiger partial charge on any atom is -0.394 e. The summed E-state index contributed by atoms with van der Waals surface area (Å²) in [5, 5.41) is 14.0. The maximum absolute atomic E-state index is 11.7. The molecule has 1 atom stereocenters. The molecular formula is C15H22N2O3S. The largest absolute Gasteiger partial charge is 0.394 e. The topological polar surface area (TPSA) is 78.4 Å². The number of hydrogen-bond donors (Lipinski definition) is 3. The van der Waals surface area contributed by atoms with Crippen molar-refractivity contribution in [2.24, 2.45) is 0 Å². The van der Waals surface area contributed by atoms with Gasteiger partial charge in [0.2, 0.25) is 0 Å². The molecule has 0 saturated heterocycles. The van der Waals surface area contributed by atoms with Crippen LogP contribution in [0.5, 0.6) is 0 Å². The molecule has 0 aliphatic rings. The highest BCUT2D eigenvalue weighted by Gasteiger charge is 2.17. The molecule has 0 aliphatic carbocycles. The summed E-state index contributed by atoms with van der Waals surface area (Å²) >= 11 is 1.78. The third-order valence-corrected chi connectivity index (χ3v) is 3.67. The minimum atomic E-state index is -0.734. The Morgan fingerprint density at radius 3 is 2.43 bits per heavy atom. The number of aliphatic hydroxyl groups excluding tert-OH is 1. The zero-order valence-electron chi connectivity index (χ0n) is 12.4. The highest BCUT2D eigenvalue weighted by molar-refractivity contribution is 7.98. The lowest BCUT2D eigenvalue weighted by molar-refractivity contribution is -0.136. The summed E-state index contributed by atoms with van der Waals surface area (Å²) in [4.78, 5) is 23.4. The minimum absolute atomic E-state index is 0.181. The molecule has 3 N–H and O–H groups in total. The highest BCUT2D eigenvalue weighted by Crippen LogP contribution is 2.11. The molecule has 5 nitrogen and oxygen atoms in total. The van der Waals surface area contributed by atoms with Crippen molar-refractivity contribution in [1.82, 2.24) is 5.32 Å². The lowest BCUT2D eigenvalue weighted by Crippen LogP contribution is -2.43. The summed E-state index contributed by atoms with van der Waals surface area (Å²) in [5.74, 6) is -0.408. The van der Waals surface area contributed by atoms with Gasteiger partial charge in [0.25, 0.3) is 0 Å². The molecule has 0 spiro atoms. The van der Waals surface area contributed by atoms with Crippen molar-refractivity contribution in [3.05, 3.63) is 29.8 Å². The van der Waals surface area contributed by atoms with E-state index in [1.54, 1.807) is 23.9 Å². The molecule has 1 aromatic carbocycles. The number of benzene rings is 1. The summed E-state index contributed by atoms with van der Waals surface area (Å²) in [6, 6.07) is 7.05. The highest BCUT2D eigenvalue weighted by atomic mass is 32.2. The second-order valence-corrected chi connectivity index (χ2v) is 5.64. The first-order valence-electron chi connectivity index (χ1n) is 6.91. The predicted octanol–water partition coefficient (Wildman–Crippen LogP) is 1.42. The molecule has 0 saturated carbocycles. The number of carbonyl (C=O) groups excluding carboxylic acids is 2. The van der Waals surface area contributed by atoms with Crippen LogP contribution in [0.1, 0.15) is 18.9 Å². The lowest BCUT2D eigenvalue weighted by Gasteiger charge is -2.13. The maximum Gasteiger partial charge on any atom is 0.313 e. The molecule has 2 amide bonds. The fourth-order valence-electron chi connectivity index (χ4n) is 1.69. The van der Waals surface area contributed by atoms with Gasteiger partial charge in [-0.05, 0) is 42.5 Å². The fourth-order valence-corrected chi connectivity index (χ4v) is 2.13. The Kier molecular flexibility index (Phi) is 7.85. The monoisotopic (exact) mass is 310 g/mol. The summed E-state index contributed by atoms with van der Waals surface area (Å²) in [6.07, 6.45) is 3.60. The van der Waals surface area contributed by atoms with Crippen molar-refractivity contribution < 1.29 is 14.7 Å². The SMILES string of the molecule is CCC(CO)NC(=O)C(=O)Nc1ccc(CCSC)cc1. The van der Waals surface area contributed by atoms with Crippen molar-refractivity contribution in [3.63, 3.8) is 0 Å². The molecule has 0 bridgehead atoms. The summed E-state index contributed by atoms with van der Waals surface area (Å²) < 4.78 is 0. The first kappa shape index (κ1) is 17.5. The molecule has 0 fully saturated rings. The third kappa shape index (κ3) is 6.18. The van der Waals surface area contributed by atoms with E-state index in [1.165, 1.54) is 5.56 Å². The van der Waals surface area contributed by atoms with Gasteiger partial charge >= 0.3 is 11.8 Å². The van der Waals surface area contributed by atoms with Crippen LogP contribution in [-0.2, 0) is 16.0 Å². The second-order valence-electron chi connectivity index (χ2n) is 4.66. The molecule has 6 heteroatoms. The van der Waals surface area contributed by atoms with Gasteiger partial charge in [0.15, 0.2) is 0 Å². The molecule has 116 valence electrons. The van der Waals surface area contributed by atoms with Gasteiger partial charge in [0, 0.05) is 5.69 Å². The Hall–Kier alpha value is -1.53. The fraction of sp³-hybridized carbons (Fsp3) is 0.467. The Balaban J connectivity index is 2.52. The molecule has 0 radical (unpaired) electrons. The van der Waals surface area contributed by atoms with Gasteiger partial charge in [-0.3, -0.25) is 9.59 Å². The van der Waals surface area contributed by atoms with Crippen LogP contribution >= 0.6 is 11.8 Å². The number of anilines is 1. The molecule has 0 aliphatic heterocycles.